The van der Waals surface area contributed by atoms with E-state index in [1.807, 2.05) is 6.92 Å². The van der Waals surface area contributed by atoms with Gasteiger partial charge in [0.2, 0.25) is 0 Å². The summed E-state index contributed by atoms with van der Waals surface area (Å²) >= 11 is 1.73. The smallest absolute Gasteiger partial charge is 0.134 e. The highest BCUT2D eigenvalue weighted by atomic mass is 32.1. The molecule has 0 saturated carbocycles. The quantitative estimate of drug-likeness (QED) is 0.807. The molecule has 7 nitrogen and oxygen atoms in total. The van der Waals surface area contributed by atoms with Crippen molar-refractivity contribution in [2.24, 2.45) is 0 Å². The largest absolute Gasteiger partial charge is 0.378 e. The van der Waals surface area contributed by atoms with Crippen molar-refractivity contribution in [1.29, 1.82) is 0 Å². The van der Waals surface area contributed by atoms with E-state index in [0.29, 0.717) is 0 Å². The Bertz CT molecular complexity index is 737. The molecule has 8 heteroatoms. The fourth-order valence-corrected chi connectivity index (χ4v) is 4.10. The number of hydrogen-bond acceptors (Lipinski definition) is 8. The number of ether oxygens (including phenoxy) is 1. The first kappa shape index (κ1) is 17.6. The normalized spacial score (nSPS) is 19.2. The number of aromatic nitrogens is 3. The zero-order valence-electron chi connectivity index (χ0n) is 15.5. The van der Waals surface area contributed by atoms with Crippen molar-refractivity contribution in [1.82, 2.24) is 19.9 Å². The van der Waals surface area contributed by atoms with Crippen LogP contribution in [0.5, 0.6) is 0 Å². The molecule has 0 bridgehead atoms. The Hall–Kier alpha value is -1.77. The van der Waals surface area contributed by atoms with Gasteiger partial charge in [0, 0.05) is 57.3 Å². The summed E-state index contributed by atoms with van der Waals surface area (Å²) in [5.74, 6) is 2.91. The molecule has 4 heterocycles. The van der Waals surface area contributed by atoms with Crippen LogP contribution < -0.4 is 9.80 Å². The van der Waals surface area contributed by atoms with E-state index in [4.69, 9.17) is 9.72 Å². The summed E-state index contributed by atoms with van der Waals surface area (Å²) < 4.78 is 5.45. The molecule has 2 fully saturated rings. The maximum Gasteiger partial charge on any atom is 0.134 e. The fourth-order valence-electron chi connectivity index (χ4n) is 3.50. The molecule has 2 aliphatic rings. The zero-order valence-corrected chi connectivity index (χ0v) is 16.3. The number of aryl methyl sites for hydroxylation is 2. The number of thiazole rings is 1. The monoisotopic (exact) mass is 374 g/mol. The summed E-state index contributed by atoms with van der Waals surface area (Å²) in [5.41, 5.74) is 1.19. The Labute approximate surface area is 158 Å². The molecule has 0 amide bonds. The lowest BCUT2D eigenvalue weighted by molar-refractivity contribution is 0.122. The van der Waals surface area contributed by atoms with Crippen LogP contribution in [0.4, 0.5) is 11.6 Å². The average molecular weight is 375 g/mol. The van der Waals surface area contributed by atoms with Crippen molar-refractivity contribution in [3.8, 4) is 0 Å². The molecule has 0 spiro atoms. The fraction of sp³-hybridized carbons (Fsp3) is 0.611. The summed E-state index contributed by atoms with van der Waals surface area (Å²) in [7, 11) is 0. The molecule has 0 radical (unpaired) electrons. The molecule has 4 rings (SSSR count). The van der Waals surface area contributed by atoms with Gasteiger partial charge in [-0.2, -0.15) is 0 Å². The number of piperazine rings is 1. The van der Waals surface area contributed by atoms with Crippen molar-refractivity contribution >= 4 is 23.0 Å². The lowest BCUT2D eigenvalue weighted by Gasteiger charge is -2.35. The van der Waals surface area contributed by atoms with E-state index in [9.17, 15) is 0 Å². The standard InChI is InChI=1S/C18H26N6OS/c1-14-19-17(11-18(20-14)24-7-9-25-10-8-24)23-5-3-22(4-6-23)12-16-13-26-15(2)21-16/h11,13H,3-10,12H2,1-2H3. The predicted molar refractivity (Wildman–Crippen MR) is 104 cm³/mol. The Balaban J connectivity index is 1.39. The Morgan fingerprint density at radius 1 is 0.923 bits per heavy atom. The van der Waals surface area contributed by atoms with Gasteiger partial charge in [-0.25, -0.2) is 15.0 Å². The first-order valence-corrected chi connectivity index (χ1v) is 10.1. The lowest BCUT2D eigenvalue weighted by atomic mass is 10.3. The third-order valence-corrected chi connectivity index (χ3v) is 5.72. The second-order valence-electron chi connectivity index (χ2n) is 6.85. The van der Waals surface area contributed by atoms with E-state index in [2.05, 4.69) is 43.0 Å². The van der Waals surface area contributed by atoms with Gasteiger partial charge < -0.3 is 14.5 Å². The van der Waals surface area contributed by atoms with Crippen LogP contribution in [0, 0.1) is 13.8 Å². The number of nitrogens with zero attached hydrogens (tertiary/aromatic N) is 6. The molecule has 0 N–H and O–H groups in total. The van der Waals surface area contributed by atoms with Crippen LogP contribution in [0.3, 0.4) is 0 Å². The second-order valence-corrected chi connectivity index (χ2v) is 7.91. The maximum absolute atomic E-state index is 5.45. The first-order chi connectivity index (χ1) is 12.7. The van der Waals surface area contributed by atoms with E-state index in [1.54, 1.807) is 11.3 Å². The minimum Gasteiger partial charge on any atom is -0.378 e. The van der Waals surface area contributed by atoms with Crippen LogP contribution in [-0.4, -0.2) is 72.3 Å². The van der Waals surface area contributed by atoms with Gasteiger partial charge in [0.1, 0.15) is 17.5 Å². The Kier molecular flexibility index (Phi) is 5.33. The molecule has 26 heavy (non-hydrogen) atoms. The molecular weight excluding hydrogens is 348 g/mol. The minimum atomic E-state index is 0.771. The van der Waals surface area contributed by atoms with E-state index >= 15 is 0 Å². The van der Waals surface area contributed by atoms with Crippen LogP contribution in [0.15, 0.2) is 11.4 Å². The van der Waals surface area contributed by atoms with Crippen molar-refractivity contribution in [3.05, 3.63) is 28.0 Å². The maximum atomic E-state index is 5.45. The van der Waals surface area contributed by atoms with E-state index in [1.165, 1.54) is 5.69 Å². The summed E-state index contributed by atoms with van der Waals surface area (Å²) in [6, 6.07) is 2.14. The molecule has 0 unspecified atom stereocenters. The van der Waals surface area contributed by atoms with Crippen LogP contribution in [0.25, 0.3) is 0 Å². The molecule has 2 aliphatic heterocycles. The van der Waals surface area contributed by atoms with Gasteiger partial charge >= 0.3 is 0 Å². The molecule has 2 aromatic rings. The van der Waals surface area contributed by atoms with Crippen LogP contribution >= 0.6 is 11.3 Å². The summed E-state index contributed by atoms with van der Waals surface area (Å²) in [6.45, 7) is 12.4. The molecular formula is C18H26N6OS. The first-order valence-electron chi connectivity index (χ1n) is 9.24. The average Bonchev–Trinajstić information content (AvgIpc) is 3.07. The molecule has 0 atom stereocenters. The van der Waals surface area contributed by atoms with Crippen molar-refractivity contribution < 1.29 is 4.74 Å². The zero-order chi connectivity index (χ0) is 17.9. The summed E-state index contributed by atoms with van der Waals surface area (Å²) in [4.78, 5) is 21.1. The Morgan fingerprint density at radius 3 is 2.19 bits per heavy atom. The molecule has 2 saturated heterocycles. The van der Waals surface area contributed by atoms with Crippen LogP contribution in [0.2, 0.25) is 0 Å². The number of anilines is 2. The van der Waals surface area contributed by atoms with Crippen LogP contribution in [0.1, 0.15) is 16.5 Å². The van der Waals surface area contributed by atoms with Crippen LogP contribution in [-0.2, 0) is 11.3 Å². The van der Waals surface area contributed by atoms with Gasteiger partial charge in [-0.15, -0.1) is 11.3 Å². The lowest BCUT2D eigenvalue weighted by Crippen LogP contribution is -2.46. The molecule has 0 aliphatic carbocycles. The van der Waals surface area contributed by atoms with Crippen molar-refractivity contribution in [3.63, 3.8) is 0 Å². The topological polar surface area (TPSA) is 57.6 Å². The van der Waals surface area contributed by atoms with Gasteiger partial charge in [0.15, 0.2) is 0 Å². The van der Waals surface area contributed by atoms with E-state index in [-0.39, 0.29) is 0 Å². The number of morpholine rings is 1. The van der Waals surface area contributed by atoms with Gasteiger partial charge in [0.25, 0.3) is 0 Å². The number of hydrogen-bond donors (Lipinski definition) is 0. The van der Waals surface area contributed by atoms with Crippen molar-refractivity contribution in [2.45, 2.75) is 20.4 Å². The van der Waals surface area contributed by atoms with Gasteiger partial charge in [-0.3, -0.25) is 4.90 Å². The van der Waals surface area contributed by atoms with Gasteiger partial charge in [-0.1, -0.05) is 0 Å². The highest BCUT2D eigenvalue weighted by Crippen LogP contribution is 2.22. The minimum absolute atomic E-state index is 0.771. The molecule has 140 valence electrons. The number of rotatable bonds is 4. The molecule has 0 aromatic carbocycles. The van der Waals surface area contributed by atoms with Gasteiger partial charge in [-0.05, 0) is 13.8 Å². The third-order valence-electron chi connectivity index (χ3n) is 4.89. The Morgan fingerprint density at radius 2 is 1.58 bits per heavy atom. The SMILES string of the molecule is Cc1nc(N2CCOCC2)cc(N2CCN(Cc3csc(C)n3)CC2)n1. The van der Waals surface area contributed by atoms with Crippen molar-refractivity contribution in [2.75, 3.05) is 62.3 Å². The second kappa shape index (κ2) is 7.85. The highest BCUT2D eigenvalue weighted by Gasteiger charge is 2.21. The molecule has 2 aromatic heterocycles. The summed E-state index contributed by atoms with van der Waals surface area (Å²) in [6.07, 6.45) is 0. The predicted octanol–water partition coefficient (Wildman–Crippen LogP) is 1.71. The van der Waals surface area contributed by atoms with Gasteiger partial charge in [0.05, 0.1) is 23.9 Å². The van der Waals surface area contributed by atoms with E-state index in [0.717, 1.165) is 81.5 Å². The summed E-state index contributed by atoms with van der Waals surface area (Å²) in [5, 5.41) is 3.31. The highest BCUT2D eigenvalue weighted by molar-refractivity contribution is 7.09. The van der Waals surface area contributed by atoms with E-state index < -0.39 is 0 Å². The third kappa shape index (κ3) is 4.13.